The molecule has 1 atom stereocenters. The molecule has 0 aromatic heterocycles. The lowest BCUT2D eigenvalue weighted by Crippen LogP contribution is -2.30. The van der Waals surface area contributed by atoms with Gasteiger partial charge in [0.2, 0.25) is 0 Å². The van der Waals surface area contributed by atoms with Crippen LogP contribution < -0.4 is 5.32 Å². The third-order valence-electron chi connectivity index (χ3n) is 4.33. The SMILES string of the molecule is N#CCCCC1CN(C(=O)Nc2ccc(Cl)cc2)N=C1c1ccccc1Cl. The fourth-order valence-corrected chi connectivity index (χ4v) is 3.35. The number of carbonyl (C=O) groups is 1. The molecule has 2 aromatic rings. The van der Waals surface area contributed by atoms with Crippen molar-refractivity contribution in [1.82, 2.24) is 5.01 Å². The number of anilines is 1. The van der Waals surface area contributed by atoms with Crippen molar-refractivity contribution in [2.24, 2.45) is 11.0 Å². The van der Waals surface area contributed by atoms with Gasteiger partial charge in [0.1, 0.15) is 0 Å². The predicted molar refractivity (Wildman–Crippen MR) is 108 cm³/mol. The highest BCUT2D eigenvalue weighted by Crippen LogP contribution is 2.28. The molecule has 7 heteroatoms. The molecule has 3 rings (SSSR count). The summed E-state index contributed by atoms with van der Waals surface area (Å²) in [6.45, 7) is 0.450. The predicted octanol–water partition coefficient (Wildman–Crippen LogP) is 5.56. The fourth-order valence-electron chi connectivity index (χ4n) is 3.00. The summed E-state index contributed by atoms with van der Waals surface area (Å²) < 4.78 is 0. The molecule has 138 valence electrons. The zero-order valence-electron chi connectivity index (χ0n) is 14.5. The van der Waals surface area contributed by atoms with E-state index in [1.54, 1.807) is 24.3 Å². The van der Waals surface area contributed by atoms with Crippen molar-refractivity contribution in [2.75, 3.05) is 11.9 Å². The first-order chi connectivity index (χ1) is 13.1. The summed E-state index contributed by atoms with van der Waals surface area (Å²) in [4.78, 5) is 12.6. The van der Waals surface area contributed by atoms with Crippen molar-refractivity contribution in [2.45, 2.75) is 19.3 Å². The van der Waals surface area contributed by atoms with Crippen LogP contribution in [0.15, 0.2) is 53.6 Å². The highest BCUT2D eigenvalue weighted by atomic mass is 35.5. The molecular formula is C20H18Cl2N4O. The molecule has 0 fully saturated rings. The topological polar surface area (TPSA) is 68.5 Å². The van der Waals surface area contributed by atoms with Gasteiger partial charge < -0.3 is 5.32 Å². The van der Waals surface area contributed by atoms with Crippen LogP contribution >= 0.6 is 23.2 Å². The standard InChI is InChI=1S/C20H18Cl2N4O/c21-15-8-10-16(11-9-15)24-20(27)26-13-14(5-3-4-12-23)19(25-26)17-6-1-2-7-18(17)22/h1-2,6-11,14H,3-5,13H2,(H,24,27). The number of benzene rings is 2. The normalized spacial score (nSPS) is 16.0. The Bertz CT molecular complexity index is 890. The Morgan fingerprint density at radius 2 is 1.96 bits per heavy atom. The number of hydrogen-bond donors (Lipinski definition) is 1. The number of nitrogens with one attached hydrogen (secondary N) is 1. The highest BCUT2D eigenvalue weighted by molar-refractivity contribution is 6.34. The summed E-state index contributed by atoms with van der Waals surface area (Å²) in [6.07, 6.45) is 1.99. The van der Waals surface area contributed by atoms with Crippen LogP contribution in [0.3, 0.4) is 0 Å². The Labute approximate surface area is 168 Å². The minimum Gasteiger partial charge on any atom is -0.306 e. The lowest BCUT2D eigenvalue weighted by Gasteiger charge is -2.15. The van der Waals surface area contributed by atoms with Crippen LogP contribution in [-0.2, 0) is 0 Å². The molecule has 0 saturated heterocycles. The minimum atomic E-state index is -0.315. The Kier molecular flexibility index (Phi) is 6.33. The smallest absolute Gasteiger partial charge is 0.306 e. The first-order valence-corrected chi connectivity index (χ1v) is 9.38. The monoisotopic (exact) mass is 400 g/mol. The summed E-state index contributed by atoms with van der Waals surface area (Å²) in [5.41, 5.74) is 2.25. The Hall–Kier alpha value is -2.55. The van der Waals surface area contributed by atoms with Gasteiger partial charge in [-0.1, -0.05) is 41.4 Å². The van der Waals surface area contributed by atoms with Crippen molar-refractivity contribution in [3.63, 3.8) is 0 Å². The maximum absolute atomic E-state index is 12.6. The van der Waals surface area contributed by atoms with Crippen LogP contribution in [0, 0.1) is 17.2 Å². The Balaban J connectivity index is 1.79. The molecular weight excluding hydrogens is 383 g/mol. The minimum absolute atomic E-state index is 0.0363. The van der Waals surface area contributed by atoms with E-state index < -0.39 is 0 Å². The lowest BCUT2D eigenvalue weighted by atomic mass is 9.92. The second kappa shape index (κ2) is 8.90. The molecule has 1 N–H and O–H groups in total. The van der Waals surface area contributed by atoms with E-state index in [2.05, 4.69) is 16.5 Å². The van der Waals surface area contributed by atoms with Crippen molar-refractivity contribution < 1.29 is 4.79 Å². The van der Waals surface area contributed by atoms with Gasteiger partial charge >= 0.3 is 6.03 Å². The summed E-state index contributed by atoms with van der Waals surface area (Å²) in [5, 5.41) is 18.8. The van der Waals surface area contributed by atoms with E-state index in [4.69, 9.17) is 28.5 Å². The number of rotatable bonds is 5. The maximum Gasteiger partial charge on any atom is 0.342 e. The van der Waals surface area contributed by atoms with Crippen LogP contribution in [-0.4, -0.2) is 23.3 Å². The number of amides is 2. The Morgan fingerprint density at radius 1 is 1.22 bits per heavy atom. The fraction of sp³-hybridized carbons (Fsp3) is 0.250. The van der Waals surface area contributed by atoms with Crippen molar-refractivity contribution >= 4 is 40.6 Å². The molecule has 2 aromatic carbocycles. The molecule has 1 heterocycles. The molecule has 2 amide bonds. The van der Waals surface area contributed by atoms with Crippen LogP contribution in [0.4, 0.5) is 10.5 Å². The molecule has 0 bridgehead atoms. The van der Waals surface area contributed by atoms with E-state index in [0.717, 1.165) is 24.1 Å². The van der Waals surface area contributed by atoms with Gasteiger partial charge in [-0.15, -0.1) is 0 Å². The number of nitrogens with zero attached hydrogens (tertiary/aromatic N) is 3. The van der Waals surface area contributed by atoms with E-state index in [1.165, 1.54) is 5.01 Å². The largest absolute Gasteiger partial charge is 0.342 e. The van der Waals surface area contributed by atoms with Gasteiger partial charge in [0, 0.05) is 33.6 Å². The molecule has 0 radical (unpaired) electrons. The van der Waals surface area contributed by atoms with E-state index >= 15 is 0 Å². The molecule has 1 unspecified atom stereocenters. The molecule has 5 nitrogen and oxygen atoms in total. The molecule has 1 aliphatic rings. The second-order valence-electron chi connectivity index (χ2n) is 6.23. The number of halogens is 2. The van der Waals surface area contributed by atoms with E-state index in [1.807, 2.05) is 24.3 Å². The zero-order valence-corrected chi connectivity index (χ0v) is 16.0. The van der Waals surface area contributed by atoms with Gasteiger partial charge in [0.25, 0.3) is 0 Å². The van der Waals surface area contributed by atoms with Gasteiger partial charge in [-0.05, 0) is 43.2 Å². The first-order valence-electron chi connectivity index (χ1n) is 8.63. The first kappa shape index (κ1) is 19.2. The number of nitriles is 1. The van der Waals surface area contributed by atoms with Gasteiger partial charge in [0.05, 0.1) is 18.3 Å². The average Bonchev–Trinajstić information content (AvgIpc) is 3.08. The van der Waals surface area contributed by atoms with E-state index in [9.17, 15) is 4.79 Å². The Morgan fingerprint density at radius 3 is 2.67 bits per heavy atom. The lowest BCUT2D eigenvalue weighted by molar-refractivity contribution is 0.215. The van der Waals surface area contributed by atoms with Crippen molar-refractivity contribution in [3.05, 3.63) is 64.1 Å². The number of hydrazone groups is 1. The molecule has 0 saturated carbocycles. The maximum atomic E-state index is 12.6. The summed E-state index contributed by atoms with van der Waals surface area (Å²) in [6, 6.07) is 16.2. The number of urea groups is 1. The number of carbonyl (C=O) groups excluding carboxylic acids is 1. The molecule has 1 aliphatic heterocycles. The van der Waals surface area contributed by atoms with Crippen LogP contribution in [0.2, 0.25) is 10.0 Å². The zero-order chi connectivity index (χ0) is 19.2. The quantitative estimate of drug-likeness (QED) is 0.667. The summed E-state index contributed by atoms with van der Waals surface area (Å²) >= 11 is 12.2. The summed E-state index contributed by atoms with van der Waals surface area (Å²) in [5.74, 6) is 0.0363. The van der Waals surface area contributed by atoms with Crippen molar-refractivity contribution in [1.29, 1.82) is 5.26 Å². The third kappa shape index (κ3) is 4.79. The number of unbranched alkanes of at least 4 members (excludes halogenated alkanes) is 1. The molecule has 0 aliphatic carbocycles. The van der Waals surface area contributed by atoms with Crippen LogP contribution in [0.1, 0.15) is 24.8 Å². The number of hydrogen-bond acceptors (Lipinski definition) is 3. The van der Waals surface area contributed by atoms with Crippen LogP contribution in [0.5, 0.6) is 0 Å². The van der Waals surface area contributed by atoms with Gasteiger partial charge in [-0.2, -0.15) is 10.4 Å². The van der Waals surface area contributed by atoms with Gasteiger partial charge in [-0.25, -0.2) is 9.80 Å². The van der Waals surface area contributed by atoms with Crippen molar-refractivity contribution in [3.8, 4) is 6.07 Å². The van der Waals surface area contributed by atoms with E-state index in [0.29, 0.717) is 28.7 Å². The average molecular weight is 401 g/mol. The molecule has 0 spiro atoms. The van der Waals surface area contributed by atoms with Crippen LogP contribution in [0.25, 0.3) is 0 Å². The van der Waals surface area contributed by atoms with E-state index in [-0.39, 0.29) is 11.9 Å². The van der Waals surface area contributed by atoms with Gasteiger partial charge in [-0.3, -0.25) is 0 Å². The molecule has 27 heavy (non-hydrogen) atoms. The van der Waals surface area contributed by atoms with Gasteiger partial charge in [0.15, 0.2) is 0 Å². The summed E-state index contributed by atoms with van der Waals surface area (Å²) in [7, 11) is 0. The second-order valence-corrected chi connectivity index (χ2v) is 7.08. The third-order valence-corrected chi connectivity index (χ3v) is 4.91. The highest BCUT2D eigenvalue weighted by Gasteiger charge is 2.31.